The summed E-state index contributed by atoms with van der Waals surface area (Å²) >= 11 is 6.88. The third-order valence-corrected chi connectivity index (χ3v) is 10.0. The number of carbonyl (C=O) groups is 1. The average Bonchev–Trinajstić information content (AvgIpc) is 3.59. The minimum Gasteiger partial charge on any atom is -0.508 e. The van der Waals surface area contributed by atoms with E-state index in [0.717, 1.165) is 25.8 Å². The molecule has 0 spiro atoms. The Kier molecular flexibility index (Phi) is 9.97. The number of amides is 1. The highest BCUT2D eigenvalue weighted by Gasteiger charge is 2.49. The van der Waals surface area contributed by atoms with Gasteiger partial charge in [0.05, 0.1) is 10.9 Å². The molecule has 9 nitrogen and oxygen atoms in total. The summed E-state index contributed by atoms with van der Waals surface area (Å²) in [6.07, 6.45) is -1.22. The van der Waals surface area contributed by atoms with Gasteiger partial charge >= 0.3 is 12.2 Å². The predicted octanol–water partition coefficient (Wildman–Crippen LogP) is 7.31. The Morgan fingerprint density at radius 1 is 1.14 bits per heavy atom. The van der Waals surface area contributed by atoms with Gasteiger partial charge in [0.1, 0.15) is 40.7 Å². The second-order valence-corrected chi connectivity index (χ2v) is 13.7. The lowest BCUT2D eigenvalue weighted by Crippen LogP contribution is -2.57. The number of nitrogens with zero attached hydrogens (tertiary/aromatic N) is 6. The Bertz CT molecular complexity index is 1890. The normalized spacial score (nSPS) is 24.0. The lowest BCUT2D eigenvalue weighted by atomic mass is 9.95. The maximum atomic E-state index is 16.8. The van der Waals surface area contributed by atoms with Crippen LogP contribution in [0.2, 0.25) is 5.15 Å². The monoisotopic (exact) mass is 720 g/mol. The number of carbonyl (C=O) groups excluding carboxylic acids is 1. The molecule has 3 fully saturated rings. The highest BCUT2D eigenvalue weighted by Crippen LogP contribution is 2.42. The van der Waals surface area contributed by atoms with Crippen molar-refractivity contribution < 1.29 is 36.6 Å². The van der Waals surface area contributed by atoms with Crippen LogP contribution in [0.15, 0.2) is 36.4 Å². The Hall–Kier alpha value is -4.04. The van der Waals surface area contributed by atoms with Gasteiger partial charge in [0.25, 0.3) is 0 Å². The number of halogens is 6. The van der Waals surface area contributed by atoms with Crippen LogP contribution in [-0.2, 0) is 4.79 Å². The molecular weight excluding hydrogens is 683 g/mol. The summed E-state index contributed by atoms with van der Waals surface area (Å²) in [6, 6.07) is 10.1. The first-order chi connectivity index (χ1) is 23.7. The first-order valence-electron chi connectivity index (χ1n) is 16.6. The quantitative estimate of drug-likeness (QED) is 0.121. The molecule has 1 amide bonds. The van der Waals surface area contributed by atoms with Crippen molar-refractivity contribution in [2.45, 2.75) is 76.4 Å². The highest BCUT2D eigenvalue weighted by atomic mass is 35.5. The fraction of sp³-hybridized carbons (Fsp3) is 0.486. The van der Waals surface area contributed by atoms with Crippen molar-refractivity contribution in [2.24, 2.45) is 0 Å². The first kappa shape index (κ1) is 35.8. The third-order valence-electron chi connectivity index (χ3n) is 9.77. The molecule has 7 rings (SSSR count). The molecule has 15 heteroatoms. The summed E-state index contributed by atoms with van der Waals surface area (Å²) in [6.45, 7) is 6.39. The zero-order valence-electron chi connectivity index (χ0n) is 27.9. The van der Waals surface area contributed by atoms with E-state index in [1.807, 2.05) is 43.0 Å². The molecule has 2 aromatic heterocycles. The van der Waals surface area contributed by atoms with Gasteiger partial charge in [-0.2, -0.15) is 23.1 Å². The van der Waals surface area contributed by atoms with Gasteiger partial charge in [-0.25, -0.2) is 13.8 Å². The van der Waals surface area contributed by atoms with Gasteiger partial charge in [-0.3, -0.25) is 9.69 Å². The number of hydrogen-bond donors (Lipinski definition) is 1. The Morgan fingerprint density at radius 3 is 2.60 bits per heavy atom. The summed E-state index contributed by atoms with van der Waals surface area (Å²) in [5.41, 5.74) is -0.201. The smallest absolute Gasteiger partial charge is 0.386 e. The van der Waals surface area contributed by atoms with E-state index in [9.17, 15) is 27.5 Å². The van der Waals surface area contributed by atoms with Crippen molar-refractivity contribution in [3.8, 4) is 23.0 Å². The van der Waals surface area contributed by atoms with Crippen molar-refractivity contribution in [1.29, 1.82) is 0 Å². The fourth-order valence-corrected chi connectivity index (χ4v) is 7.86. The average molecular weight is 721 g/mol. The number of fused-ring (bicyclic) bond motifs is 3. The molecule has 268 valence electrons. The molecule has 3 unspecified atom stereocenters. The SMILES string of the molecule is CC(F)(F)F.CCC1CN(c2nc(OC[C@@]34CCCN3CC(F)C4)nc3c(F)c(-c4cc(O)cc5ccccc45)nc(Cl)c23)CC(C)N1C=O. The maximum absolute atomic E-state index is 16.8. The number of rotatable bonds is 7. The zero-order valence-corrected chi connectivity index (χ0v) is 28.6. The van der Waals surface area contributed by atoms with Crippen LogP contribution in [0.4, 0.5) is 27.8 Å². The van der Waals surface area contributed by atoms with Crippen molar-refractivity contribution in [2.75, 3.05) is 37.7 Å². The second-order valence-electron chi connectivity index (χ2n) is 13.3. The molecule has 1 N–H and O–H groups in total. The Morgan fingerprint density at radius 2 is 1.88 bits per heavy atom. The number of phenols is 1. The fourth-order valence-electron chi connectivity index (χ4n) is 7.60. The number of pyridine rings is 1. The van der Waals surface area contributed by atoms with E-state index < -0.39 is 23.7 Å². The minimum atomic E-state index is -4.00. The van der Waals surface area contributed by atoms with Gasteiger partial charge < -0.3 is 19.6 Å². The van der Waals surface area contributed by atoms with Crippen molar-refractivity contribution in [1.82, 2.24) is 24.8 Å². The number of aromatic nitrogens is 3. The molecule has 4 atom stereocenters. The lowest BCUT2D eigenvalue weighted by Gasteiger charge is -2.44. The van der Waals surface area contributed by atoms with E-state index in [1.165, 1.54) is 6.07 Å². The topological polar surface area (TPSA) is 94.9 Å². The van der Waals surface area contributed by atoms with Crippen LogP contribution in [0.3, 0.4) is 0 Å². The first-order valence-corrected chi connectivity index (χ1v) is 16.9. The number of hydrogen-bond acceptors (Lipinski definition) is 8. The van der Waals surface area contributed by atoms with E-state index in [-0.39, 0.29) is 59.1 Å². The molecule has 2 aromatic carbocycles. The largest absolute Gasteiger partial charge is 0.508 e. The van der Waals surface area contributed by atoms with Gasteiger partial charge in [-0.1, -0.05) is 42.8 Å². The lowest BCUT2D eigenvalue weighted by molar-refractivity contribution is -0.123. The van der Waals surface area contributed by atoms with Gasteiger partial charge in [-0.05, 0) is 55.6 Å². The number of aromatic hydroxyl groups is 1. The molecule has 4 aromatic rings. The predicted molar refractivity (Wildman–Crippen MR) is 181 cm³/mol. The van der Waals surface area contributed by atoms with Crippen LogP contribution in [-0.4, -0.2) is 99.0 Å². The number of ether oxygens (including phenoxy) is 1. The summed E-state index contributed by atoms with van der Waals surface area (Å²) in [5.74, 6) is -0.398. The molecule has 0 saturated carbocycles. The molecule has 0 bridgehead atoms. The van der Waals surface area contributed by atoms with Crippen LogP contribution in [0, 0.1) is 5.82 Å². The number of benzene rings is 2. The van der Waals surface area contributed by atoms with Crippen molar-refractivity contribution in [3.05, 3.63) is 47.4 Å². The standard InChI is InChI=1S/C33H35ClF2N6O3.C2H3F3/c1-3-22-16-40(14-19(2)42(22)18-43)31-26-29(38-32(39-31)45-17-33-9-6-10-41(33)15-21(35)13-33)27(36)28(37-30(26)34)25-12-23(44)11-20-7-4-5-8-24(20)25;1-2(3,4)5/h4-5,7-8,11-12,18-19,21-22,44H,3,6,9-10,13-17H2,1-2H3;1H3/t19?,21?,22?,33-;/m0./s1. The third kappa shape index (κ3) is 7.09. The molecule has 3 saturated heterocycles. The Labute approximate surface area is 291 Å². The van der Waals surface area contributed by atoms with Crippen LogP contribution in [0.1, 0.15) is 46.5 Å². The minimum absolute atomic E-state index is 0.00511. The molecule has 5 heterocycles. The van der Waals surface area contributed by atoms with Crippen LogP contribution >= 0.6 is 11.6 Å². The molecule has 3 aliphatic rings. The van der Waals surface area contributed by atoms with E-state index in [1.54, 1.807) is 11.0 Å². The van der Waals surface area contributed by atoms with E-state index in [0.29, 0.717) is 54.6 Å². The molecule has 0 radical (unpaired) electrons. The van der Waals surface area contributed by atoms with Crippen molar-refractivity contribution in [3.63, 3.8) is 0 Å². The molecule has 50 heavy (non-hydrogen) atoms. The number of piperazine rings is 1. The van der Waals surface area contributed by atoms with Crippen LogP contribution in [0.25, 0.3) is 32.9 Å². The number of anilines is 1. The Balaban J connectivity index is 0.000000808. The van der Waals surface area contributed by atoms with E-state index >= 15 is 4.39 Å². The van der Waals surface area contributed by atoms with Gasteiger partial charge in [0.2, 0.25) is 6.41 Å². The number of alkyl halides is 4. The summed E-state index contributed by atoms with van der Waals surface area (Å²) in [7, 11) is 0. The molecular formula is C35H38ClF5N6O3. The van der Waals surface area contributed by atoms with Gasteiger partial charge in [-0.15, -0.1) is 0 Å². The summed E-state index contributed by atoms with van der Waals surface area (Å²) < 4.78 is 68.6. The van der Waals surface area contributed by atoms with Crippen LogP contribution < -0.4 is 9.64 Å². The number of phenolic OH excluding ortho intramolecular Hbond substituents is 1. The summed E-state index contributed by atoms with van der Waals surface area (Å²) in [4.78, 5) is 31.7. The van der Waals surface area contributed by atoms with Crippen molar-refractivity contribution >= 4 is 45.5 Å². The van der Waals surface area contributed by atoms with Gasteiger partial charge in [0.15, 0.2) is 5.82 Å². The van der Waals surface area contributed by atoms with E-state index in [2.05, 4.69) is 14.9 Å². The second kappa shape index (κ2) is 13.9. The van der Waals surface area contributed by atoms with Gasteiger partial charge in [0, 0.05) is 50.6 Å². The molecule has 0 aliphatic carbocycles. The van der Waals surface area contributed by atoms with E-state index in [4.69, 9.17) is 21.3 Å². The maximum Gasteiger partial charge on any atom is 0.386 e. The molecule has 3 aliphatic heterocycles. The van der Waals surface area contributed by atoms with Crippen LogP contribution in [0.5, 0.6) is 11.8 Å². The zero-order chi connectivity index (χ0) is 36.0. The highest BCUT2D eigenvalue weighted by molar-refractivity contribution is 6.35. The summed E-state index contributed by atoms with van der Waals surface area (Å²) in [5, 5.41) is 12.1.